The minimum Gasteiger partial charge on any atom is -0.469 e. The van der Waals surface area contributed by atoms with Crippen molar-refractivity contribution < 1.29 is 14.6 Å². The van der Waals surface area contributed by atoms with Crippen molar-refractivity contribution in [2.75, 3.05) is 7.11 Å². The molecule has 0 aromatic heterocycles. The lowest BCUT2D eigenvalue weighted by Crippen LogP contribution is -2.54. The number of ether oxygens (including phenoxy) is 1. The molecule has 2 N–H and O–H groups in total. The van der Waals surface area contributed by atoms with Crippen LogP contribution in [0.4, 0.5) is 0 Å². The Morgan fingerprint density at radius 3 is 2.34 bits per heavy atom. The summed E-state index contributed by atoms with van der Waals surface area (Å²) in [5.41, 5.74) is 0.225. The minimum atomic E-state index is -1.29. The highest BCUT2D eigenvalue weighted by Crippen LogP contribution is 2.51. The Morgan fingerprint density at radius 2 is 1.72 bits per heavy atom. The average Bonchev–Trinajstić information content (AvgIpc) is 2.96. The summed E-state index contributed by atoms with van der Waals surface area (Å²) < 4.78 is 5.12. The summed E-state index contributed by atoms with van der Waals surface area (Å²) in [7, 11) is 1.35. The van der Waals surface area contributed by atoms with Gasteiger partial charge in [0.15, 0.2) is 0 Å². The third-order valence-electron chi connectivity index (χ3n) is 6.08. The number of fused-ring (bicyclic) bond motifs is 2. The van der Waals surface area contributed by atoms with Crippen LogP contribution in [-0.2, 0) is 15.1 Å². The molecule has 154 valence electrons. The van der Waals surface area contributed by atoms with E-state index in [1.807, 2.05) is 6.07 Å². The van der Waals surface area contributed by atoms with E-state index in [0.29, 0.717) is 38.5 Å². The van der Waals surface area contributed by atoms with E-state index < -0.39 is 23.5 Å². The number of carbonyl (C=O) groups is 1. The summed E-state index contributed by atoms with van der Waals surface area (Å²) in [6, 6.07) is 9.91. The monoisotopic (exact) mass is 473 g/mol. The summed E-state index contributed by atoms with van der Waals surface area (Å²) in [6.45, 7) is 0. The quantitative estimate of drug-likeness (QED) is 0.600. The second kappa shape index (κ2) is 7.92. The number of piperidine rings is 1. The van der Waals surface area contributed by atoms with Gasteiger partial charge in [-0.05, 0) is 48.2 Å². The lowest BCUT2D eigenvalue weighted by atomic mass is 9.73. The van der Waals surface area contributed by atoms with Gasteiger partial charge in [-0.15, -0.1) is 0 Å². The number of aliphatic hydroxyl groups is 1. The Bertz CT molecular complexity index is 969. The van der Waals surface area contributed by atoms with Gasteiger partial charge in [0.2, 0.25) is 0 Å². The average molecular weight is 475 g/mol. The Kier molecular flexibility index (Phi) is 5.80. The summed E-state index contributed by atoms with van der Waals surface area (Å²) in [5.74, 6) is -1.18. The Balaban J connectivity index is 1.78. The van der Waals surface area contributed by atoms with Gasteiger partial charge in [0, 0.05) is 12.0 Å². The molecule has 5 atom stereocenters. The number of rotatable bonds is 3. The maximum Gasteiger partial charge on any atom is 0.310 e. The predicted molar refractivity (Wildman–Crippen MR) is 115 cm³/mol. The molecule has 4 nitrogen and oxygen atoms in total. The largest absolute Gasteiger partial charge is 0.469 e. The maximum absolute atomic E-state index is 12.9. The molecule has 0 spiro atoms. The first kappa shape index (κ1) is 21.2. The molecule has 2 aliphatic heterocycles. The number of carbonyl (C=O) groups excluding carboxylic acids is 1. The normalized spacial score (nSPS) is 31.0. The number of nitrogens with one attached hydrogen (secondary N) is 1. The SMILES string of the molecule is COC(=O)C1C(c2ccc(Cl)c(Cl)c2)CC2CC(O)(c3ccc(Cl)c(Cl)c3)C1N2. The van der Waals surface area contributed by atoms with Crippen LogP contribution in [-0.4, -0.2) is 30.3 Å². The third kappa shape index (κ3) is 3.65. The number of hydrogen-bond acceptors (Lipinski definition) is 4. The second-order valence-electron chi connectivity index (χ2n) is 7.66. The van der Waals surface area contributed by atoms with Gasteiger partial charge in [-0.3, -0.25) is 4.79 Å². The fraction of sp³-hybridized carbons (Fsp3) is 0.381. The Hall–Kier alpha value is -1.01. The molecule has 0 radical (unpaired) electrons. The molecule has 2 aromatic rings. The Morgan fingerprint density at radius 1 is 1.07 bits per heavy atom. The molecule has 0 amide bonds. The molecule has 2 fully saturated rings. The summed E-state index contributed by atoms with van der Waals surface area (Å²) in [4.78, 5) is 12.9. The number of halogens is 4. The van der Waals surface area contributed by atoms with Crippen LogP contribution < -0.4 is 5.32 Å². The van der Waals surface area contributed by atoms with E-state index in [-0.39, 0.29) is 12.0 Å². The van der Waals surface area contributed by atoms with Crippen molar-refractivity contribution in [3.63, 3.8) is 0 Å². The van der Waals surface area contributed by atoms with Gasteiger partial charge in [0.25, 0.3) is 0 Å². The first-order valence-corrected chi connectivity index (χ1v) is 10.7. The van der Waals surface area contributed by atoms with Crippen LogP contribution in [0.25, 0.3) is 0 Å². The number of esters is 1. The smallest absolute Gasteiger partial charge is 0.310 e. The van der Waals surface area contributed by atoms with Crippen molar-refractivity contribution in [2.24, 2.45) is 5.92 Å². The van der Waals surface area contributed by atoms with Gasteiger partial charge < -0.3 is 15.2 Å². The van der Waals surface area contributed by atoms with Crippen LogP contribution in [0.3, 0.4) is 0 Å². The van der Waals surface area contributed by atoms with E-state index in [2.05, 4.69) is 5.32 Å². The molecule has 0 saturated carbocycles. The van der Waals surface area contributed by atoms with Crippen molar-refractivity contribution in [1.29, 1.82) is 0 Å². The highest BCUT2D eigenvalue weighted by Gasteiger charge is 2.58. The number of benzene rings is 2. The molecule has 2 aliphatic rings. The van der Waals surface area contributed by atoms with Crippen molar-refractivity contribution in [3.8, 4) is 0 Å². The molecule has 2 saturated heterocycles. The molecular formula is C21H19Cl4NO3. The van der Waals surface area contributed by atoms with Gasteiger partial charge in [-0.2, -0.15) is 0 Å². The fourth-order valence-corrected chi connectivity index (χ4v) is 5.38. The van der Waals surface area contributed by atoms with Crippen LogP contribution in [0.15, 0.2) is 36.4 Å². The lowest BCUT2D eigenvalue weighted by Gasteiger charge is -2.40. The Labute approximate surface area is 189 Å². The van der Waals surface area contributed by atoms with Gasteiger partial charge in [-0.25, -0.2) is 0 Å². The lowest BCUT2D eigenvalue weighted by molar-refractivity contribution is -0.151. The summed E-state index contributed by atoms with van der Waals surface area (Å²) in [6.07, 6.45) is 1.10. The highest BCUT2D eigenvalue weighted by atomic mass is 35.5. The van der Waals surface area contributed by atoms with E-state index in [0.717, 1.165) is 5.56 Å². The van der Waals surface area contributed by atoms with Crippen molar-refractivity contribution >= 4 is 52.4 Å². The zero-order chi connectivity index (χ0) is 20.9. The van der Waals surface area contributed by atoms with Crippen LogP contribution in [0.2, 0.25) is 20.1 Å². The molecule has 29 heavy (non-hydrogen) atoms. The first-order valence-electron chi connectivity index (χ1n) is 9.21. The first-order chi connectivity index (χ1) is 13.7. The molecule has 2 heterocycles. The second-order valence-corrected chi connectivity index (χ2v) is 9.29. The van der Waals surface area contributed by atoms with Crippen LogP contribution >= 0.6 is 46.4 Å². The predicted octanol–water partition coefficient (Wildman–Crippen LogP) is 5.20. The van der Waals surface area contributed by atoms with Crippen LogP contribution in [0.1, 0.15) is 29.9 Å². The van der Waals surface area contributed by atoms with Crippen molar-refractivity contribution in [3.05, 3.63) is 67.6 Å². The summed E-state index contributed by atoms with van der Waals surface area (Å²) >= 11 is 24.5. The van der Waals surface area contributed by atoms with Gasteiger partial charge in [0.1, 0.15) is 5.60 Å². The molecule has 8 heteroatoms. The van der Waals surface area contributed by atoms with E-state index in [1.165, 1.54) is 7.11 Å². The van der Waals surface area contributed by atoms with Gasteiger partial charge in [0.05, 0.1) is 39.2 Å². The van der Waals surface area contributed by atoms with E-state index in [9.17, 15) is 9.90 Å². The number of hydrogen-bond donors (Lipinski definition) is 2. The fourth-order valence-electron chi connectivity index (χ4n) is 4.78. The third-order valence-corrected chi connectivity index (χ3v) is 7.56. The zero-order valence-corrected chi connectivity index (χ0v) is 18.5. The molecule has 2 bridgehead atoms. The highest BCUT2D eigenvalue weighted by molar-refractivity contribution is 6.42. The van der Waals surface area contributed by atoms with E-state index in [1.54, 1.807) is 30.3 Å². The minimum absolute atomic E-state index is 0.0137. The standard InChI is InChI=1S/C21H19Cl4NO3/c1-29-20(27)18-13(10-2-4-14(22)16(24)6-10)8-12-9-21(28,19(18)26-12)11-3-5-15(23)17(25)7-11/h2-7,12-13,18-19,26,28H,8-9H2,1H3. The molecule has 5 unspecified atom stereocenters. The molecular weight excluding hydrogens is 456 g/mol. The van der Waals surface area contributed by atoms with Crippen LogP contribution in [0.5, 0.6) is 0 Å². The van der Waals surface area contributed by atoms with Crippen molar-refractivity contribution in [1.82, 2.24) is 5.32 Å². The zero-order valence-electron chi connectivity index (χ0n) is 15.5. The van der Waals surface area contributed by atoms with Gasteiger partial charge in [-0.1, -0.05) is 58.5 Å². The molecule has 4 rings (SSSR count). The van der Waals surface area contributed by atoms with Crippen molar-refractivity contribution in [2.45, 2.75) is 36.4 Å². The number of methoxy groups -OCH3 is 1. The van der Waals surface area contributed by atoms with E-state index in [4.69, 9.17) is 51.1 Å². The van der Waals surface area contributed by atoms with E-state index >= 15 is 0 Å². The molecule has 2 aromatic carbocycles. The van der Waals surface area contributed by atoms with Crippen LogP contribution in [0, 0.1) is 5.92 Å². The summed E-state index contributed by atoms with van der Waals surface area (Å²) in [5, 5.41) is 16.8. The molecule has 0 aliphatic carbocycles. The topological polar surface area (TPSA) is 58.6 Å². The van der Waals surface area contributed by atoms with Gasteiger partial charge >= 0.3 is 5.97 Å². The maximum atomic E-state index is 12.9.